The number of aliphatic carboxylic acids is 1. The number of carboxylic acids is 1. The highest BCUT2D eigenvalue weighted by Crippen LogP contribution is 2.44. The van der Waals surface area contributed by atoms with Gasteiger partial charge in [0.15, 0.2) is 0 Å². The van der Waals surface area contributed by atoms with Crippen molar-refractivity contribution in [2.24, 2.45) is 0 Å². The summed E-state index contributed by atoms with van der Waals surface area (Å²) in [6, 6.07) is 15.9. The first-order chi connectivity index (χ1) is 16.9. The van der Waals surface area contributed by atoms with Crippen molar-refractivity contribution in [3.05, 3.63) is 77.2 Å². The van der Waals surface area contributed by atoms with Crippen LogP contribution in [0, 0.1) is 0 Å². The summed E-state index contributed by atoms with van der Waals surface area (Å²) in [6.45, 7) is 3.74. The molecule has 0 aliphatic heterocycles. The van der Waals surface area contributed by atoms with E-state index in [-0.39, 0.29) is 49.3 Å². The summed E-state index contributed by atoms with van der Waals surface area (Å²) in [5.74, 6) is -1.47. The smallest absolute Gasteiger partial charge is 0.407 e. The maximum Gasteiger partial charge on any atom is 0.407 e. The Kier molecular flexibility index (Phi) is 7.14. The van der Waals surface area contributed by atoms with Crippen LogP contribution in [0.4, 0.5) is 4.79 Å². The fraction of sp³-hybridized carbons (Fsp3) is 0.308. The zero-order valence-corrected chi connectivity index (χ0v) is 19.6. The first kappa shape index (κ1) is 24.0. The number of carboxylic acid groups (broad SMARTS) is 1. The van der Waals surface area contributed by atoms with Gasteiger partial charge in [-0.25, -0.2) is 4.79 Å². The molecule has 182 valence electrons. The van der Waals surface area contributed by atoms with Gasteiger partial charge in [0.1, 0.15) is 24.1 Å². The van der Waals surface area contributed by atoms with Crippen molar-refractivity contribution in [3.8, 4) is 11.1 Å². The van der Waals surface area contributed by atoms with E-state index >= 15 is 0 Å². The molecular formula is C26H27N3O6. The predicted octanol–water partition coefficient (Wildman–Crippen LogP) is 4.04. The van der Waals surface area contributed by atoms with Crippen LogP contribution in [0.15, 0.2) is 59.3 Å². The fourth-order valence-electron chi connectivity index (χ4n) is 4.33. The van der Waals surface area contributed by atoms with Crippen molar-refractivity contribution in [1.82, 2.24) is 15.4 Å². The third kappa shape index (κ3) is 5.18. The summed E-state index contributed by atoms with van der Waals surface area (Å²) in [7, 11) is 0. The third-order valence-corrected chi connectivity index (χ3v) is 6.07. The van der Waals surface area contributed by atoms with E-state index < -0.39 is 18.0 Å². The van der Waals surface area contributed by atoms with Crippen LogP contribution < -0.4 is 5.32 Å². The van der Waals surface area contributed by atoms with Gasteiger partial charge in [-0.05, 0) is 36.1 Å². The Balaban J connectivity index is 1.37. The third-order valence-electron chi connectivity index (χ3n) is 6.07. The molecule has 1 aliphatic carbocycles. The van der Waals surface area contributed by atoms with Crippen molar-refractivity contribution in [2.75, 3.05) is 13.2 Å². The Hall–Kier alpha value is -4.14. The summed E-state index contributed by atoms with van der Waals surface area (Å²) in [5, 5.41) is 15.4. The monoisotopic (exact) mass is 477 g/mol. The largest absolute Gasteiger partial charge is 0.481 e. The summed E-state index contributed by atoms with van der Waals surface area (Å²) in [5.41, 5.74) is 4.91. The highest BCUT2D eigenvalue weighted by Gasteiger charge is 2.29. The lowest BCUT2D eigenvalue weighted by Crippen LogP contribution is -2.39. The van der Waals surface area contributed by atoms with Crippen molar-refractivity contribution in [3.63, 3.8) is 0 Å². The number of fused-ring (bicyclic) bond motifs is 3. The quantitative estimate of drug-likeness (QED) is 0.477. The van der Waals surface area contributed by atoms with Gasteiger partial charge in [-0.2, -0.15) is 0 Å². The van der Waals surface area contributed by atoms with Crippen LogP contribution >= 0.6 is 0 Å². The molecule has 0 fully saturated rings. The first-order valence-corrected chi connectivity index (χ1v) is 11.4. The van der Waals surface area contributed by atoms with E-state index in [0.29, 0.717) is 0 Å². The van der Waals surface area contributed by atoms with Crippen LogP contribution in [0.1, 0.15) is 53.4 Å². The highest BCUT2D eigenvalue weighted by molar-refractivity contribution is 5.95. The van der Waals surface area contributed by atoms with E-state index in [9.17, 15) is 14.4 Å². The van der Waals surface area contributed by atoms with E-state index in [1.54, 1.807) is 13.8 Å². The number of carbonyl (C=O) groups excluding carboxylic acids is 2. The average Bonchev–Trinajstić information content (AvgIpc) is 3.44. The standard InChI is InChI=1S/C26H27N3O6/c1-16(2)29(12-11-24(30)31)25(32)22-15-35-28-23(22)13-27-26(33)34-14-21-19-9-5-3-7-17(19)18-8-4-6-10-20(18)21/h3-10,15-16,21H,11-14H2,1-2H3,(H,27,33)(H,30,31). The van der Waals surface area contributed by atoms with Gasteiger partial charge in [-0.15, -0.1) is 0 Å². The zero-order chi connectivity index (χ0) is 24.9. The predicted molar refractivity (Wildman–Crippen MR) is 127 cm³/mol. The molecule has 2 aromatic carbocycles. The number of alkyl carbamates (subject to hydrolysis) is 1. The topological polar surface area (TPSA) is 122 Å². The molecule has 3 aromatic rings. The first-order valence-electron chi connectivity index (χ1n) is 11.4. The SMILES string of the molecule is CC(C)N(CCC(=O)O)C(=O)c1conc1CNC(=O)OCC1c2ccccc2-c2ccccc21. The Morgan fingerprint density at radius 3 is 2.31 bits per heavy atom. The van der Waals surface area contributed by atoms with Crippen molar-refractivity contribution < 1.29 is 28.8 Å². The maximum atomic E-state index is 12.9. The second-order valence-electron chi connectivity index (χ2n) is 8.59. The number of rotatable bonds is 9. The van der Waals surface area contributed by atoms with Crippen molar-refractivity contribution in [2.45, 2.75) is 38.8 Å². The molecule has 9 heteroatoms. The lowest BCUT2D eigenvalue weighted by molar-refractivity contribution is -0.137. The van der Waals surface area contributed by atoms with E-state index in [1.165, 1.54) is 11.2 Å². The van der Waals surface area contributed by atoms with E-state index in [1.807, 2.05) is 36.4 Å². The molecule has 0 radical (unpaired) electrons. The van der Waals surface area contributed by atoms with Crippen LogP contribution in [0.3, 0.4) is 0 Å². The summed E-state index contributed by atoms with van der Waals surface area (Å²) < 4.78 is 10.5. The minimum absolute atomic E-state index is 0.0518. The van der Waals surface area contributed by atoms with Gasteiger partial charge in [0.2, 0.25) is 0 Å². The number of benzene rings is 2. The molecule has 2 amide bonds. The molecule has 1 aromatic heterocycles. The molecule has 0 saturated heterocycles. The van der Waals surface area contributed by atoms with E-state index in [2.05, 4.69) is 22.6 Å². The Bertz CT molecular complexity index is 1190. The lowest BCUT2D eigenvalue weighted by Gasteiger charge is -2.25. The van der Waals surface area contributed by atoms with Gasteiger partial charge in [0.25, 0.3) is 5.91 Å². The second-order valence-corrected chi connectivity index (χ2v) is 8.59. The molecule has 0 spiro atoms. The van der Waals surface area contributed by atoms with Crippen LogP contribution in [0.2, 0.25) is 0 Å². The van der Waals surface area contributed by atoms with Crippen molar-refractivity contribution >= 4 is 18.0 Å². The van der Waals surface area contributed by atoms with Gasteiger partial charge in [0.05, 0.1) is 13.0 Å². The van der Waals surface area contributed by atoms with E-state index in [0.717, 1.165) is 22.3 Å². The van der Waals surface area contributed by atoms with Crippen LogP contribution in [-0.4, -0.2) is 52.3 Å². The average molecular weight is 478 g/mol. The molecule has 9 nitrogen and oxygen atoms in total. The van der Waals surface area contributed by atoms with Crippen molar-refractivity contribution in [1.29, 1.82) is 0 Å². The number of hydrogen-bond donors (Lipinski definition) is 2. The molecule has 0 bridgehead atoms. The molecule has 0 unspecified atom stereocenters. The minimum Gasteiger partial charge on any atom is -0.481 e. The molecular weight excluding hydrogens is 450 g/mol. The highest BCUT2D eigenvalue weighted by atomic mass is 16.5. The number of hydrogen-bond acceptors (Lipinski definition) is 6. The second kappa shape index (κ2) is 10.4. The summed E-state index contributed by atoms with van der Waals surface area (Å²) in [4.78, 5) is 37.8. The Morgan fingerprint density at radius 1 is 1.09 bits per heavy atom. The Morgan fingerprint density at radius 2 is 1.71 bits per heavy atom. The number of ether oxygens (including phenoxy) is 1. The number of carbonyl (C=O) groups is 3. The normalized spacial score (nSPS) is 12.2. The van der Waals surface area contributed by atoms with Crippen LogP contribution in [-0.2, 0) is 16.1 Å². The maximum absolute atomic E-state index is 12.9. The van der Waals surface area contributed by atoms with E-state index in [4.69, 9.17) is 14.4 Å². The summed E-state index contributed by atoms with van der Waals surface area (Å²) in [6.07, 6.45) is 0.385. The Labute approximate surface area is 202 Å². The summed E-state index contributed by atoms with van der Waals surface area (Å²) >= 11 is 0. The number of nitrogens with one attached hydrogen (secondary N) is 1. The molecule has 2 N–H and O–H groups in total. The van der Waals surface area contributed by atoms with Gasteiger partial charge in [-0.1, -0.05) is 53.7 Å². The molecule has 0 atom stereocenters. The number of amides is 2. The van der Waals surface area contributed by atoms with Gasteiger partial charge in [0, 0.05) is 18.5 Å². The van der Waals surface area contributed by atoms with Gasteiger partial charge < -0.3 is 24.6 Å². The molecule has 35 heavy (non-hydrogen) atoms. The molecule has 0 saturated carbocycles. The zero-order valence-electron chi connectivity index (χ0n) is 19.6. The van der Waals surface area contributed by atoms with Gasteiger partial charge in [-0.3, -0.25) is 9.59 Å². The minimum atomic E-state index is -0.995. The molecule has 1 aliphatic rings. The van der Waals surface area contributed by atoms with Crippen LogP contribution in [0.25, 0.3) is 11.1 Å². The van der Waals surface area contributed by atoms with Crippen LogP contribution in [0.5, 0.6) is 0 Å². The van der Waals surface area contributed by atoms with Gasteiger partial charge >= 0.3 is 12.1 Å². The lowest BCUT2D eigenvalue weighted by atomic mass is 9.98. The molecule has 1 heterocycles. The molecule has 4 rings (SSSR count). The number of nitrogens with zero attached hydrogens (tertiary/aromatic N) is 2. The number of aromatic nitrogens is 1. The fourth-order valence-corrected chi connectivity index (χ4v) is 4.33.